The van der Waals surface area contributed by atoms with E-state index in [0.717, 1.165) is 43.8 Å². The van der Waals surface area contributed by atoms with Crippen LogP contribution in [0.1, 0.15) is 39.0 Å². The van der Waals surface area contributed by atoms with Crippen LogP contribution in [-0.4, -0.2) is 77.4 Å². The monoisotopic (exact) mass is 322 g/mol. The Kier molecular flexibility index (Phi) is 4.57. The molecule has 0 aromatic heterocycles. The summed E-state index contributed by atoms with van der Waals surface area (Å²) in [6, 6.07) is -0.405. The Morgan fingerprint density at radius 2 is 1.74 bits per heavy atom. The van der Waals surface area contributed by atoms with Gasteiger partial charge in [0.2, 0.25) is 5.91 Å². The Morgan fingerprint density at radius 1 is 1.09 bits per heavy atom. The van der Waals surface area contributed by atoms with Crippen molar-refractivity contribution in [3.8, 4) is 0 Å². The number of hydrogen-bond donors (Lipinski definition) is 1. The van der Waals surface area contributed by atoms with Crippen LogP contribution in [-0.2, 0) is 9.59 Å². The molecular formula is C16H26N4O3. The van der Waals surface area contributed by atoms with Gasteiger partial charge < -0.3 is 15.1 Å². The van der Waals surface area contributed by atoms with Crippen molar-refractivity contribution in [3.05, 3.63) is 0 Å². The third-order valence-corrected chi connectivity index (χ3v) is 5.42. The molecule has 0 aromatic rings. The van der Waals surface area contributed by atoms with Crippen LogP contribution in [0, 0.1) is 0 Å². The van der Waals surface area contributed by atoms with E-state index in [9.17, 15) is 14.4 Å². The second-order valence-corrected chi connectivity index (χ2v) is 6.78. The number of piperazine rings is 1. The minimum atomic E-state index is -0.740. The van der Waals surface area contributed by atoms with Crippen LogP contribution in [0.3, 0.4) is 0 Å². The largest absolute Gasteiger partial charge is 0.339 e. The second-order valence-electron chi connectivity index (χ2n) is 6.78. The van der Waals surface area contributed by atoms with Crippen LogP contribution in [0.2, 0.25) is 0 Å². The smallest absolute Gasteiger partial charge is 0.325 e. The molecule has 3 aliphatic rings. The summed E-state index contributed by atoms with van der Waals surface area (Å²) in [5, 5.41) is 2.85. The van der Waals surface area contributed by atoms with Gasteiger partial charge in [-0.3, -0.25) is 14.5 Å². The van der Waals surface area contributed by atoms with Crippen molar-refractivity contribution in [1.82, 2.24) is 20.0 Å². The Balaban J connectivity index is 1.60. The molecule has 4 amide bonds. The number of hydrogen-bond acceptors (Lipinski definition) is 4. The van der Waals surface area contributed by atoms with Gasteiger partial charge >= 0.3 is 6.03 Å². The van der Waals surface area contributed by atoms with Gasteiger partial charge in [0.05, 0.1) is 0 Å². The second kappa shape index (κ2) is 6.47. The molecule has 3 fully saturated rings. The lowest BCUT2D eigenvalue weighted by Gasteiger charge is -2.34. The van der Waals surface area contributed by atoms with E-state index in [1.807, 2.05) is 0 Å². The van der Waals surface area contributed by atoms with Crippen molar-refractivity contribution in [1.29, 1.82) is 0 Å². The van der Waals surface area contributed by atoms with Crippen LogP contribution in [0.15, 0.2) is 0 Å². The van der Waals surface area contributed by atoms with Gasteiger partial charge in [-0.1, -0.05) is 26.2 Å². The van der Waals surface area contributed by atoms with Gasteiger partial charge in [-0.05, 0) is 19.4 Å². The maximum atomic E-state index is 12.7. The molecule has 0 aromatic carbocycles. The highest BCUT2D eigenvalue weighted by Gasteiger charge is 2.51. The molecule has 1 N–H and O–H groups in total. The van der Waals surface area contributed by atoms with Gasteiger partial charge in [-0.2, -0.15) is 0 Å². The summed E-state index contributed by atoms with van der Waals surface area (Å²) >= 11 is 0. The fourth-order valence-electron chi connectivity index (χ4n) is 3.86. The van der Waals surface area contributed by atoms with Crippen molar-refractivity contribution in [2.24, 2.45) is 0 Å². The van der Waals surface area contributed by atoms with E-state index >= 15 is 0 Å². The van der Waals surface area contributed by atoms with Gasteiger partial charge in [-0.15, -0.1) is 0 Å². The summed E-state index contributed by atoms with van der Waals surface area (Å²) in [5.41, 5.74) is -0.740. The molecule has 7 heteroatoms. The molecule has 128 valence electrons. The summed E-state index contributed by atoms with van der Waals surface area (Å²) in [4.78, 5) is 42.5. The van der Waals surface area contributed by atoms with E-state index in [2.05, 4.69) is 17.1 Å². The van der Waals surface area contributed by atoms with E-state index in [1.165, 1.54) is 0 Å². The Hall–Kier alpha value is -1.63. The summed E-state index contributed by atoms with van der Waals surface area (Å²) in [7, 11) is 0. The molecule has 1 spiro atoms. The molecule has 2 aliphatic heterocycles. The number of urea groups is 1. The van der Waals surface area contributed by atoms with Gasteiger partial charge in [0, 0.05) is 26.2 Å². The third-order valence-electron chi connectivity index (χ3n) is 5.42. The first-order valence-corrected chi connectivity index (χ1v) is 8.70. The summed E-state index contributed by atoms with van der Waals surface area (Å²) in [5.74, 6) is -0.333. The van der Waals surface area contributed by atoms with Crippen LogP contribution < -0.4 is 5.32 Å². The zero-order chi connectivity index (χ0) is 16.4. The summed E-state index contributed by atoms with van der Waals surface area (Å²) in [6.07, 6.45) is 4.39. The standard InChI is InChI=1S/C16H26N4O3/c1-2-18-8-10-19(11-9-18)13(21)12-20-14(22)16(17-15(20)23)6-4-3-5-7-16/h2-12H2,1H3,(H,17,23). The van der Waals surface area contributed by atoms with Crippen LogP contribution in [0.5, 0.6) is 0 Å². The maximum Gasteiger partial charge on any atom is 0.325 e. The number of nitrogens with one attached hydrogen (secondary N) is 1. The molecule has 2 saturated heterocycles. The maximum absolute atomic E-state index is 12.7. The average molecular weight is 322 g/mol. The Morgan fingerprint density at radius 3 is 2.35 bits per heavy atom. The molecule has 3 rings (SSSR count). The van der Waals surface area contributed by atoms with Crippen molar-refractivity contribution < 1.29 is 14.4 Å². The van der Waals surface area contributed by atoms with E-state index < -0.39 is 11.6 Å². The number of nitrogens with zero attached hydrogens (tertiary/aromatic N) is 3. The highest BCUT2D eigenvalue weighted by Crippen LogP contribution is 2.33. The summed E-state index contributed by atoms with van der Waals surface area (Å²) in [6.45, 7) is 6.01. The molecule has 2 heterocycles. The van der Waals surface area contributed by atoms with Crippen LogP contribution in [0.4, 0.5) is 4.79 Å². The lowest BCUT2D eigenvalue weighted by Crippen LogP contribution is -2.52. The van der Waals surface area contributed by atoms with Gasteiger partial charge in [0.15, 0.2) is 0 Å². The SMILES string of the molecule is CCN1CCN(C(=O)CN2C(=O)NC3(CCCCC3)C2=O)CC1. The molecule has 0 atom stereocenters. The first-order chi connectivity index (χ1) is 11.1. The van der Waals surface area contributed by atoms with E-state index in [1.54, 1.807) is 4.90 Å². The lowest BCUT2D eigenvalue weighted by atomic mass is 9.82. The normalized spacial score (nSPS) is 25.1. The molecule has 1 aliphatic carbocycles. The predicted octanol–water partition coefficient (Wildman–Crippen LogP) is 0.405. The van der Waals surface area contributed by atoms with Crippen molar-refractivity contribution in [3.63, 3.8) is 0 Å². The minimum absolute atomic E-state index is 0.126. The number of imide groups is 1. The number of carbonyl (C=O) groups is 3. The van der Waals surface area contributed by atoms with E-state index in [0.29, 0.717) is 25.9 Å². The van der Waals surface area contributed by atoms with Gasteiger partial charge in [-0.25, -0.2) is 4.79 Å². The van der Waals surface area contributed by atoms with E-state index in [-0.39, 0.29) is 18.4 Å². The van der Waals surface area contributed by atoms with Crippen LogP contribution in [0.25, 0.3) is 0 Å². The molecule has 1 saturated carbocycles. The number of amides is 4. The number of rotatable bonds is 3. The Bertz CT molecular complexity index is 494. The molecule has 7 nitrogen and oxygen atoms in total. The minimum Gasteiger partial charge on any atom is -0.339 e. The molecule has 0 radical (unpaired) electrons. The quantitative estimate of drug-likeness (QED) is 0.764. The van der Waals surface area contributed by atoms with Crippen LogP contribution >= 0.6 is 0 Å². The molecule has 0 bridgehead atoms. The van der Waals surface area contributed by atoms with E-state index in [4.69, 9.17) is 0 Å². The van der Waals surface area contributed by atoms with Gasteiger partial charge in [0.1, 0.15) is 12.1 Å². The van der Waals surface area contributed by atoms with Crippen molar-refractivity contribution >= 4 is 17.8 Å². The lowest BCUT2D eigenvalue weighted by molar-refractivity contribution is -0.140. The number of likely N-dealkylation sites (N-methyl/N-ethyl adjacent to an activating group) is 1. The highest BCUT2D eigenvalue weighted by molar-refractivity contribution is 6.09. The fourth-order valence-corrected chi connectivity index (χ4v) is 3.86. The predicted molar refractivity (Wildman–Crippen MR) is 84.8 cm³/mol. The van der Waals surface area contributed by atoms with Crippen molar-refractivity contribution in [2.45, 2.75) is 44.6 Å². The Labute approximate surface area is 137 Å². The first-order valence-electron chi connectivity index (χ1n) is 8.70. The zero-order valence-corrected chi connectivity index (χ0v) is 13.8. The van der Waals surface area contributed by atoms with Crippen molar-refractivity contribution in [2.75, 3.05) is 39.3 Å². The molecule has 23 heavy (non-hydrogen) atoms. The first kappa shape index (κ1) is 16.2. The molecule has 0 unspecified atom stereocenters. The summed E-state index contributed by atoms with van der Waals surface area (Å²) < 4.78 is 0. The average Bonchev–Trinajstić information content (AvgIpc) is 2.80. The molecular weight excluding hydrogens is 296 g/mol. The highest BCUT2D eigenvalue weighted by atomic mass is 16.2. The van der Waals surface area contributed by atoms with Gasteiger partial charge in [0.25, 0.3) is 5.91 Å². The zero-order valence-electron chi connectivity index (χ0n) is 13.8. The topological polar surface area (TPSA) is 73.0 Å². The number of carbonyl (C=O) groups excluding carboxylic acids is 3. The third kappa shape index (κ3) is 3.06. The fraction of sp³-hybridized carbons (Fsp3) is 0.812.